The van der Waals surface area contributed by atoms with Crippen LogP contribution < -0.4 is 4.72 Å². The van der Waals surface area contributed by atoms with Crippen molar-refractivity contribution >= 4 is 33.7 Å². The minimum Gasteiger partial charge on any atom is -0.480 e. The first kappa shape index (κ1) is 16.7. The number of carbonyl (C=O) groups is 2. The number of carboxylic acid groups (broad SMARTS) is 1. The zero-order valence-electron chi connectivity index (χ0n) is 11.3. The number of hydrogen-bond acceptors (Lipinski definition) is 5. The van der Waals surface area contributed by atoms with Crippen molar-refractivity contribution in [3.8, 4) is 0 Å². The monoisotopic (exact) mass is 313 g/mol. The quantitative estimate of drug-likeness (QED) is 0.576. The molecule has 0 saturated carbocycles. The highest BCUT2D eigenvalue weighted by atomic mass is 32.2. The van der Waals surface area contributed by atoms with E-state index in [1.165, 1.54) is 24.3 Å². The highest BCUT2D eigenvalue weighted by Crippen LogP contribution is 2.12. The van der Waals surface area contributed by atoms with E-state index in [9.17, 15) is 18.0 Å². The molecular formula is C13H15NO6S. The lowest BCUT2D eigenvalue weighted by Gasteiger charge is -2.06. The second-order valence-electron chi connectivity index (χ2n) is 3.96. The van der Waals surface area contributed by atoms with Crippen molar-refractivity contribution < 1.29 is 27.9 Å². The van der Waals surface area contributed by atoms with Crippen LogP contribution in [0, 0.1) is 0 Å². The Labute approximate surface area is 122 Å². The minimum atomic E-state index is -3.92. The zero-order chi connectivity index (χ0) is 15.9. The van der Waals surface area contributed by atoms with Crippen LogP contribution in [0.2, 0.25) is 0 Å². The van der Waals surface area contributed by atoms with Crippen LogP contribution in [0.4, 0.5) is 5.69 Å². The fourth-order valence-electron chi connectivity index (χ4n) is 1.40. The average Bonchev–Trinajstić information content (AvgIpc) is 2.36. The van der Waals surface area contributed by atoms with Gasteiger partial charge in [-0.05, 0) is 30.7 Å². The molecule has 7 nitrogen and oxygen atoms in total. The van der Waals surface area contributed by atoms with Crippen LogP contribution >= 0.6 is 0 Å². The second-order valence-corrected chi connectivity index (χ2v) is 5.68. The molecule has 1 rings (SSSR count). The fraction of sp³-hybridized carbons (Fsp3) is 0.231. The highest BCUT2D eigenvalue weighted by Gasteiger charge is 2.15. The van der Waals surface area contributed by atoms with Crippen molar-refractivity contribution in [1.82, 2.24) is 0 Å². The summed E-state index contributed by atoms with van der Waals surface area (Å²) in [5.41, 5.74) is 0.911. The highest BCUT2D eigenvalue weighted by molar-refractivity contribution is 7.93. The number of anilines is 1. The first-order chi connectivity index (χ1) is 9.82. The molecule has 0 spiro atoms. The van der Waals surface area contributed by atoms with Crippen LogP contribution in [0.25, 0.3) is 6.08 Å². The lowest BCUT2D eigenvalue weighted by Crippen LogP contribution is -2.22. The summed E-state index contributed by atoms with van der Waals surface area (Å²) in [6.45, 7) is 1.98. The molecule has 114 valence electrons. The van der Waals surface area contributed by atoms with Gasteiger partial charge in [0, 0.05) is 11.8 Å². The van der Waals surface area contributed by atoms with Gasteiger partial charge in [0.1, 0.15) is 0 Å². The van der Waals surface area contributed by atoms with Gasteiger partial charge in [-0.25, -0.2) is 13.2 Å². The maximum atomic E-state index is 11.4. The van der Waals surface area contributed by atoms with Crippen molar-refractivity contribution in [3.63, 3.8) is 0 Å². The average molecular weight is 313 g/mol. The van der Waals surface area contributed by atoms with Crippen LogP contribution in [0.5, 0.6) is 0 Å². The molecule has 0 bridgehead atoms. The summed E-state index contributed by atoms with van der Waals surface area (Å²) >= 11 is 0. The number of esters is 1. The van der Waals surface area contributed by atoms with Crippen LogP contribution in [-0.2, 0) is 24.3 Å². The maximum absolute atomic E-state index is 11.4. The summed E-state index contributed by atoms with van der Waals surface area (Å²) < 4.78 is 29.7. The first-order valence-corrected chi connectivity index (χ1v) is 7.65. The van der Waals surface area contributed by atoms with E-state index in [2.05, 4.69) is 4.72 Å². The molecule has 0 atom stereocenters. The molecule has 0 radical (unpaired) electrons. The molecule has 2 N–H and O–H groups in total. The molecule has 0 unspecified atom stereocenters. The van der Waals surface area contributed by atoms with Crippen LogP contribution in [0.15, 0.2) is 30.3 Å². The lowest BCUT2D eigenvalue weighted by molar-refractivity contribution is -0.137. The Kier molecular flexibility index (Phi) is 5.92. The Morgan fingerprint density at radius 2 is 1.90 bits per heavy atom. The molecule has 0 aliphatic rings. The summed E-state index contributed by atoms with van der Waals surface area (Å²) in [4.78, 5) is 21.5. The Hall–Kier alpha value is -2.35. The minimum absolute atomic E-state index is 0.240. The Morgan fingerprint density at radius 3 is 2.43 bits per heavy atom. The molecule has 0 heterocycles. The molecule has 1 aromatic carbocycles. The Morgan fingerprint density at radius 1 is 1.29 bits per heavy atom. The molecule has 21 heavy (non-hydrogen) atoms. The molecule has 8 heteroatoms. The second kappa shape index (κ2) is 7.44. The number of benzene rings is 1. The van der Waals surface area contributed by atoms with E-state index in [1.807, 2.05) is 0 Å². The number of nitrogens with one attached hydrogen (secondary N) is 1. The van der Waals surface area contributed by atoms with E-state index in [0.29, 0.717) is 5.56 Å². The van der Waals surface area contributed by atoms with Crippen molar-refractivity contribution in [2.24, 2.45) is 0 Å². The number of aliphatic carboxylic acids is 1. The van der Waals surface area contributed by atoms with Crippen LogP contribution in [-0.4, -0.2) is 37.8 Å². The molecule has 0 aromatic heterocycles. The number of ether oxygens (including phenoxy) is 1. The molecule has 1 aromatic rings. The third-order valence-electron chi connectivity index (χ3n) is 2.20. The first-order valence-electron chi connectivity index (χ1n) is 5.99. The van der Waals surface area contributed by atoms with Gasteiger partial charge in [0.2, 0.25) is 10.0 Å². The van der Waals surface area contributed by atoms with Crippen LogP contribution in [0.1, 0.15) is 12.5 Å². The lowest BCUT2D eigenvalue weighted by atomic mass is 10.2. The summed E-state index contributed by atoms with van der Waals surface area (Å²) in [6.07, 6.45) is 2.78. The Balaban J connectivity index is 2.70. The largest absolute Gasteiger partial charge is 0.480 e. The molecule has 0 aliphatic heterocycles. The van der Waals surface area contributed by atoms with Crippen molar-refractivity contribution in [2.45, 2.75) is 6.92 Å². The van der Waals surface area contributed by atoms with E-state index in [4.69, 9.17) is 9.84 Å². The molecular weight excluding hydrogens is 298 g/mol. The molecule has 0 saturated heterocycles. The molecule has 0 aliphatic carbocycles. The number of carbonyl (C=O) groups excluding carboxylic acids is 1. The van der Waals surface area contributed by atoms with Gasteiger partial charge < -0.3 is 9.84 Å². The van der Waals surface area contributed by atoms with Crippen molar-refractivity contribution in [3.05, 3.63) is 35.9 Å². The molecule has 0 amide bonds. The van der Waals surface area contributed by atoms with E-state index in [-0.39, 0.29) is 12.3 Å². The Bertz CT molecular complexity index is 633. The summed E-state index contributed by atoms with van der Waals surface area (Å²) in [6, 6.07) is 6.08. The van der Waals surface area contributed by atoms with E-state index in [0.717, 1.165) is 0 Å². The van der Waals surface area contributed by atoms with Crippen molar-refractivity contribution in [1.29, 1.82) is 0 Å². The van der Waals surface area contributed by atoms with Gasteiger partial charge in [-0.1, -0.05) is 12.1 Å². The number of sulfonamides is 1. The normalized spacial score (nSPS) is 11.3. The summed E-state index contributed by atoms with van der Waals surface area (Å²) in [5.74, 6) is -2.91. The number of carboxylic acids is 1. The predicted molar refractivity (Wildman–Crippen MR) is 77.2 cm³/mol. The zero-order valence-corrected chi connectivity index (χ0v) is 12.1. The van der Waals surface area contributed by atoms with Gasteiger partial charge in [-0.2, -0.15) is 0 Å². The summed E-state index contributed by atoms with van der Waals surface area (Å²) in [7, 11) is -3.92. The van der Waals surface area contributed by atoms with E-state index < -0.39 is 27.7 Å². The third kappa shape index (κ3) is 6.57. The van der Waals surface area contributed by atoms with Gasteiger partial charge in [-0.3, -0.25) is 9.52 Å². The number of rotatable bonds is 7. The van der Waals surface area contributed by atoms with E-state index >= 15 is 0 Å². The standard InChI is InChI=1S/C13H15NO6S/c1-2-20-13(17)8-5-10-3-6-11(7-4-10)14-21(18,19)9-12(15)16/h3-8,14H,2,9H2,1H3,(H,15,16)/b8-5+. The van der Waals surface area contributed by atoms with Gasteiger partial charge >= 0.3 is 11.9 Å². The van der Waals surface area contributed by atoms with Gasteiger partial charge in [0.05, 0.1) is 6.61 Å². The van der Waals surface area contributed by atoms with Crippen molar-refractivity contribution in [2.75, 3.05) is 17.1 Å². The third-order valence-corrected chi connectivity index (χ3v) is 3.37. The van der Waals surface area contributed by atoms with Gasteiger partial charge in [-0.15, -0.1) is 0 Å². The SMILES string of the molecule is CCOC(=O)/C=C/c1ccc(NS(=O)(=O)CC(=O)O)cc1. The topological polar surface area (TPSA) is 110 Å². The van der Waals surface area contributed by atoms with Gasteiger partial charge in [0.15, 0.2) is 5.75 Å². The summed E-state index contributed by atoms with van der Waals surface area (Å²) in [5, 5.41) is 8.46. The van der Waals surface area contributed by atoms with Crippen LogP contribution in [0.3, 0.4) is 0 Å². The molecule has 0 fully saturated rings. The smallest absolute Gasteiger partial charge is 0.330 e. The van der Waals surface area contributed by atoms with Gasteiger partial charge in [0.25, 0.3) is 0 Å². The fourth-order valence-corrected chi connectivity index (χ4v) is 2.29. The maximum Gasteiger partial charge on any atom is 0.330 e. The number of hydrogen-bond donors (Lipinski definition) is 2. The predicted octanol–water partition coefficient (Wildman–Crippen LogP) is 1.09. The van der Waals surface area contributed by atoms with E-state index in [1.54, 1.807) is 19.1 Å².